The predicted molar refractivity (Wildman–Crippen MR) is 59.2 cm³/mol. The van der Waals surface area contributed by atoms with Gasteiger partial charge < -0.3 is 4.90 Å². The highest BCUT2D eigenvalue weighted by molar-refractivity contribution is 6.02. The van der Waals surface area contributed by atoms with E-state index < -0.39 is 0 Å². The van der Waals surface area contributed by atoms with Crippen LogP contribution in [0.2, 0.25) is 0 Å². The van der Waals surface area contributed by atoms with Gasteiger partial charge in [-0.3, -0.25) is 9.59 Å². The third kappa shape index (κ3) is 1.14. The fraction of sp³-hybridized carbons (Fsp3) is 0.385. The number of carbonyl (C=O) groups excluding carboxylic acids is 2. The molecule has 1 saturated heterocycles. The molecule has 0 radical (unpaired) electrons. The second-order valence-electron chi connectivity index (χ2n) is 4.55. The molecule has 1 fully saturated rings. The average molecular weight is 215 g/mol. The van der Waals surface area contributed by atoms with E-state index in [1.807, 2.05) is 30.0 Å². The summed E-state index contributed by atoms with van der Waals surface area (Å²) in [7, 11) is 0. The molecular formula is C13H13NO2. The molecule has 1 amide bonds. The molecule has 0 aromatic heterocycles. The van der Waals surface area contributed by atoms with E-state index in [2.05, 4.69) is 0 Å². The number of amides is 1. The van der Waals surface area contributed by atoms with Gasteiger partial charge in [0.25, 0.3) is 5.91 Å². The SMILES string of the molecule is Cc1cccc2c1C(=O)N1CCC(=O)CC21. The molecule has 3 rings (SSSR count). The van der Waals surface area contributed by atoms with Crippen molar-refractivity contribution in [1.29, 1.82) is 0 Å². The first-order chi connectivity index (χ1) is 7.68. The monoisotopic (exact) mass is 215 g/mol. The van der Waals surface area contributed by atoms with E-state index in [-0.39, 0.29) is 17.7 Å². The number of rotatable bonds is 0. The van der Waals surface area contributed by atoms with Crippen LogP contribution in [0.25, 0.3) is 0 Å². The third-order valence-corrected chi connectivity index (χ3v) is 3.57. The number of hydrogen-bond donors (Lipinski definition) is 0. The Labute approximate surface area is 94.1 Å². The summed E-state index contributed by atoms with van der Waals surface area (Å²) in [5, 5.41) is 0. The first kappa shape index (κ1) is 9.58. The molecular weight excluding hydrogens is 202 g/mol. The molecule has 0 aliphatic carbocycles. The Hall–Kier alpha value is -1.64. The maximum Gasteiger partial charge on any atom is 0.255 e. The molecule has 82 valence electrons. The van der Waals surface area contributed by atoms with Crippen LogP contribution in [-0.4, -0.2) is 23.1 Å². The molecule has 1 unspecified atom stereocenters. The van der Waals surface area contributed by atoms with Gasteiger partial charge in [0.15, 0.2) is 0 Å². The Morgan fingerprint density at radius 3 is 2.94 bits per heavy atom. The van der Waals surface area contributed by atoms with Crippen molar-refractivity contribution in [3.63, 3.8) is 0 Å². The van der Waals surface area contributed by atoms with Crippen molar-refractivity contribution in [2.24, 2.45) is 0 Å². The maximum atomic E-state index is 12.2. The minimum Gasteiger partial charge on any atom is -0.331 e. The van der Waals surface area contributed by atoms with Gasteiger partial charge >= 0.3 is 0 Å². The van der Waals surface area contributed by atoms with Gasteiger partial charge in [-0.15, -0.1) is 0 Å². The molecule has 16 heavy (non-hydrogen) atoms. The Bertz CT molecular complexity index is 493. The van der Waals surface area contributed by atoms with E-state index in [9.17, 15) is 9.59 Å². The molecule has 1 aromatic carbocycles. The topological polar surface area (TPSA) is 37.4 Å². The number of benzene rings is 1. The fourth-order valence-corrected chi connectivity index (χ4v) is 2.75. The molecule has 0 N–H and O–H groups in total. The van der Waals surface area contributed by atoms with Crippen molar-refractivity contribution >= 4 is 11.7 Å². The highest BCUT2D eigenvalue weighted by atomic mass is 16.2. The normalized spacial score (nSPS) is 23.3. The van der Waals surface area contributed by atoms with Crippen molar-refractivity contribution in [3.8, 4) is 0 Å². The minimum absolute atomic E-state index is 0.00338. The van der Waals surface area contributed by atoms with Crippen LogP contribution in [0.3, 0.4) is 0 Å². The number of fused-ring (bicyclic) bond motifs is 3. The molecule has 0 bridgehead atoms. The zero-order chi connectivity index (χ0) is 11.3. The lowest BCUT2D eigenvalue weighted by atomic mass is 9.95. The standard InChI is InChI=1S/C13H13NO2/c1-8-3-2-4-10-11-7-9(15)5-6-14(11)13(16)12(8)10/h2-4,11H,5-7H2,1H3. The molecule has 2 heterocycles. The number of aryl methyl sites for hydroxylation is 1. The molecule has 0 saturated carbocycles. The Kier molecular flexibility index (Phi) is 1.90. The molecule has 3 nitrogen and oxygen atoms in total. The van der Waals surface area contributed by atoms with Gasteiger partial charge in [-0.2, -0.15) is 0 Å². The summed E-state index contributed by atoms with van der Waals surface area (Å²) in [5.41, 5.74) is 2.88. The first-order valence-electron chi connectivity index (χ1n) is 5.60. The van der Waals surface area contributed by atoms with Crippen molar-refractivity contribution in [2.45, 2.75) is 25.8 Å². The van der Waals surface area contributed by atoms with Crippen LogP contribution in [0.1, 0.15) is 40.4 Å². The fourth-order valence-electron chi connectivity index (χ4n) is 2.75. The van der Waals surface area contributed by atoms with Gasteiger partial charge in [0.05, 0.1) is 6.04 Å². The van der Waals surface area contributed by atoms with Crippen molar-refractivity contribution in [1.82, 2.24) is 4.90 Å². The summed E-state index contributed by atoms with van der Waals surface area (Å²) < 4.78 is 0. The summed E-state index contributed by atoms with van der Waals surface area (Å²) in [6, 6.07) is 5.90. The van der Waals surface area contributed by atoms with Crippen LogP contribution >= 0.6 is 0 Å². The molecule has 2 aliphatic heterocycles. The Morgan fingerprint density at radius 2 is 2.12 bits per heavy atom. The minimum atomic E-state index is 0.00338. The molecule has 2 aliphatic rings. The molecule has 1 atom stereocenters. The largest absolute Gasteiger partial charge is 0.331 e. The lowest BCUT2D eigenvalue weighted by Gasteiger charge is -2.29. The molecule has 3 heteroatoms. The lowest BCUT2D eigenvalue weighted by Crippen LogP contribution is -2.35. The summed E-state index contributed by atoms with van der Waals surface area (Å²) in [6.07, 6.45) is 0.997. The molecule has 1 aromatic rings. The highest BCUT2D eigenvalue weighted by Crippen LogP contribution is 2.39. The number of hydrogen-bond acceptors (Lipinski definition) is 2. The summed E-state index contributed by atoms with van der Waals surface area (Å²) in [5.74, 6) is 0.369. The number of Topliss-reactive ketones (excluding diaryl/α,β-unsaturated/α-hetero) is 1. The van der Waals surface area contributed by atoms with Crippen LogP contribution in [0.4, 0.5) is 0 Å². The number of piperidine rings is 1. The first-order valence-corrected chi connectivity index (χ1v) is 5.60. The van der Waals surface area contributed by atoms with E-state index in [0.29, 0.717) is 19.4 Å². The van der Waals surface area contributed by atoms with Crippen molar-refractivity contribution in [2.75, 3.05) is 6.54 Å². The van der Waals surface area contributed by atoms with Gasteiger partial charge in [0.2, 0.25) is 0 Å². The van der Waals surface area contributed by atoms with Gasteiger partial charge in [-0.25, -0.2) is 0 Å². The Morgan fingerprint density at radius 1 is 1.31 bits per heavy atom. The highest BCUT2D eigenvalue weighted by Gasteiger charge is 2.40. The van der Waals surface area contributed by atoms with Crippen LogP contribution in [-0.2, 0) is 4.79 Å². The molecule has 0 spiro atoms. The van der Waals surface area contributed by atoms with Crippen molar-refractivity contribution in [3.05, 3.63) is 34.9 Å². The van der Waals surface area contributed by atoms with Crippen LogP contribution in [0.5, 0.6) is 0 Å². The van der Waals surface area contributed by atoms with Gasteiger partial charge in [0.1, 0.15) is 5.78 Å². The summed E-state index contributed by atoms with van der Waals surface area (Å²) in [6.45, 7) is 2.54. The maximum absolute atomic E-state index is 12.2. The van der Waals surface area contributed by atoms with E-state index >= 15 is 0 Å². The number of nitrogens with zero attached hydrogens (tertiary/aromatic N) is 1. The van der Waals surface area contributed by atoms with E-state index in [0.717, 1.165) is 16.7 Å². The second-order valence-corrected chi connectivity index (χ2v) is 4.55. The number of carbonyl (C=O) groups is 2. The van der Waals surface area contributed by atoms with E-state index in [4.69, 9.17) is 0 Å². The second kappa shape index (κ2) is 3.17. The Balaban J connectivity index is 2.14. The van der Waals surface area contributed by atoms with Crippen LogP contribution in [0, 0.1) is 6.92 Å². The third-order valence-electron chi connectivity index (χ3n) is 3.57. The summed E-state index contributed by atoms with van der Waals surface area (Å²) in [4.78, 5) is 25.5. The quantitative estimate of drug-likeness (QED) is 0.662. The van der Waals surface area contributed by atoms with Crippen LogP contribution in [0.15, 0.2) is 18.2 Å². The van der Waals surface area contributed by atoms with Crippen molar-refractivity contribution < 1.29 is 9.59 Å². The lowest BCUT2D eigenvalue weighted by molar-refractivity contribution is -0.122. The number of ketones is 1. The van der Waals surface area contributed by atoms with E-state index in [1.165, 1.54) is 0 Å². The van der Waals surface area contributed by atoms with Gasteiger partial charge in [-0.05, 0) is 18.1 Å². The summed E-state index contributed by atoms with van der Waals surface area (Å²) >= 11 is 0. The zero-order valence-corrected chi connectivity index (χ0v) is 9.19. The predicted octanol–water partition coefficient (Wildman–Crippen LogP) is 1.85. The zero-order valence-electron chi connectivity index (χ0n) is 9.19. The van der Waals surface area contributed by atoms with Gasteiger partial charge in [-0.1, -0.05) is 18.2 Å². The smallest absolute Gasteiger partial charge is 0.255 e. The van der Waals surface area contributed by atoms with Gasteiger partial charge in [0, 0.05) is 24.9 Å². The van der Waals surface area contributed by atoms with Crippen LogP contribution < -0.4 is 0 Å². The van der Waals surface area contributed by atoms with E-state index in [1.54, 1.807) is 0 Å². The average Bonchev–Trinajstić information content (AvgIpc) is 2.54.